The Morgan fingerprint density at radius 3 is 1.96 bits per heavy atom. The van der Waals surface area contributed by atoms with Gasteiger partial charge in [-0.25, -0.2) is 0 Å². The fraction of sp³-hybridized carbons (Fsp3) is 0.265. The van der Waals surface area contributed by atoms with Gasteiger partial charge in [0.2, 0.25) is 0 Å². The van der Waals surface area contributed by atoms with Crippen molar-refractivity contribution in [2.45, 2.75) is 85.5 Å². The quantitative estimate of drug-likeness (QED) is 0.187. The first-order valence-corrected chi connectivity index (χ1v) is 19.1. The van der Waals surface area contributed by atoms with Crippen LogP contribution in [0, 0.1) is 6.92 Å². The number of hydrogen-bond donors (Lipinski definition) is 1. The summed E-state index contributed by atoms with van der Waals surface area (Å²) < 4.78 is 9.04. The predicted octanol–water partition coefficient (Wildman–Crippen LogP) is 12.0. The minimum atomic E-state index is -0.00201. The SMILES string of the molecule is Cc1cc(-c2cc(C(C)(C)C)ccc2Nc2ccc(C(C)(C)C)cc2)c2c3c1c1cc4c(cc1n3-c1ccc(C(C)(C)C)cc1B2)oc1ccccc14. The minimum Gasteiger partial charge on any atom is -0.456 e. The average Bonchev–Trinajstić information content (AvgIpc) is 3.63. The van der Waals surface area contributed by atoms with Crippen LogP contribution < -0.4 is 16.2 Å². The van der Waals surface area contributed by atoms with Gasteiger partial charge in [-0.05, 0) is 98.9 Å². The zero-order valence-corrected chi connectivity index (χ0v) is 32.9. The van der Waals surface area contributed by atoms with Gasteiger partial charge in [0.15, 0.2) is 7.28 Å². The number of rotatable bonds is 3. The molecule has 1 aliphatic heterocycles. The molecule has 53 heavy (non-hydrogen) atoms. The van der Waals surface area contributed by atoms with Gasteiger partial charge in [0, 0.05) is 55.8 Å². The summed E-state index contributed by atoms with van der Waals surface area (Å²) in [5, 5.41) is 8.81. The van der Waals surface area contributed by atoms with E-state index < -0.39 is 0 Å². The van der Waals surface area contributed by atoms with Crippen molar-refractivity contribution in [2.75, 3.05) is 5.32 Å². The molecule has 0 saturated heterocycles. The van der Waals surface area contributed by atoms with Crippen LogP contribution in [0.4, 0.5) is 11.4 Å². The lowest BCUT2D eigenvalue weighted by Crippen LogP contribution is -2.38. The van der Waals surface area contributed by atoms with Crippen LogP contribution in [-0.4, -0.2) is 11.8 Å². The van der Waals surface area contributed by atoms with Gasteiger partial charge in [-0.2, -0.15) is 0 Å². The van der Waals surface area contributed by atoms with Crippen LogP contribution in [0.15, 0.2) is 108 Å². The number of nitrogens with zero attached hydrogens (tertiary/aromatic N) is 1. The van der Waals surface area contributed by atoms with Crippen LogP contribution in [-0.2, 0) is 16.2 Å². The van der Waals surface area contributed by atoms with Crippen LogP contribution in [0.3, 0.4) is 0 Å². The van der Waals surface area contributed by atoms with Gasteiger partial charge in [-0.15, -0.1) is 0 Å². The summed E-state index contributed by atoms with van der Waals surface area (Å²) in [6.07, 6.45) is 0. The number of anilines is 2. The van der Waals surface area contributed by atoms with E-state index in [-0.39, 0.29) is 16.2 Å². The molecule has 0 amide bonds. The van der Waals surface area contributed by atoms with Gasteiger partial charge in [-0.3, -0.25) is 0 Å². The Labute approximate surface area is 314 Å². The lowest BCUT2D eigenvalue weighted by atomic mass is 9.58. The number of aromatic nitrogens is 1. The number of benzene rings is 6. The number of furan rings is 1. The molecule has 3 nitrogen and oxygen atoms in total. The molecule has 264 valence electrons. The second kappa shape index (κ2) is 11.4. The van der Waals surface area contributed by atoms with E-state index in [9.17, 15) is 0 Å². The Morgan fingerprint density at radius 2 is 1.25 bits per heavy atom. The largest absolute Gasteiger partial charge is 0.456 e. The molecule has 0 radical (unpaired) electrons. The van der Waals surface area contributed by atoms with Crippen molar-refractivity contribution >= 4 is 73.3 Å². The maximum atomic E-state index is 6.50. The number of hydrogen-bond acceptors (Lipinski definition) is 2. The van der Waals surface area contributed by atoms with Crippen molar-refractivity contribution in [3.05, 3.63) is 125 Å². The van der Waals surface area contributed by atoms with E-state index in [1.165, 1.54) is 77.2 Å². The third-order valence-corrected chi connectivity index (χ3v) is 11.6. The van der Waals surface area contributed by atoms with Crippen molar-refractivity contribution in [1.29, 1.82) is 0 Å². The topological polar surface area (TPSA) is 30.1 Å². The molecule has 3 heterocycles. The van der Waals surface area contributed by atoms with Crippen molar-refractivity contribution in [3.63, 3.8) is 0 Å². The van der Waals surface area contributed by atoms with Gasteiger partial charge < -0.3 is 14.3 Å². The highest BCUT2D eigenvalue weighted by molar-refractivity contribution is 6.73. The molecular formula is C49H49BN2O. The molecule has 1 N–H and O–H groups in total. The van der Waals surface area contributed by atoms with Gasteiger partial charge >= 0.3 is 0 Å². The summed E-state index contributed by atoms with van der Waals surface area (Å²) in [7, 11) is 0.861. The summed E-state index contributed by atoms with van der Waals surface area (Å²) >= 11 is 0. The molecule has 0 atom stereocenters. The first-order chi connectivity index (χ1) is 25.1. The first kappa shape index (κ1) is 33.6. The molecule has 4 heteroatoms. The molecular weight excluding hydrogens is 643 g/mol. The van der Waals surface area contributed by atoms with Gasteiger partial charge in [0.25, 0.3) is 0 Å². The van der Waals surface area contributed by atoms with E-state index in [0.29, 0.717) is 0 Å². The number of para-hydroxylation sites is 1. The number of nitrogens with one attached hydrogen (secondary N) is 1. The van der Waals surface area contributed by atoms with Crippen LogP contribution in [0.5, 0.6) is 0 Å². The van der Waals surface area contributed by atoms with Crippen molar-refractivity contribution in [3.8, 4) is 16.8 Å². The normalized spacial score (nSPS) is 13.2. The predicted molar refractivity (Wildman–Crippen MR) is 230 cm³/mol. The van der Waals surface area contributed by atoms with E-state index in [1.807, 2.05) is 0 Å². The van der Waals surface area contributed by atoms with Crippen LogP contribution >= 0.6 is 0 Å². The van der Waals surface area contributed by atoms with Crippen LogP contribution in [0.25, 0.3) is 60.6 Å². The smallest absolute Gasteiger partial charge is 0.198 e. The maximum Gasteiger partial charge on any atom is 0.198 e. The molecule has 0 fully saturated rings. The van der Waals surface area contributed by atoms with Crippen molar-refractivity contribution in [1.82, 2.24) is 4.57 Å². The van der Waals surface area contributed by atoms with E-state index in [1.54, 1.807) is 0 Å². The molecule has 6 aromatic carbocycles. The fourth-order valence-corrected chi connectivity index (χ4v) is 8.52. The standard InChI is InChI=1S/C49H49BN2O/c1-28-23-36(34-24-30(48(5,6)7)17-21-39(34)51-32-19-15-29(16-20-32)47(2,3)4)45-46-44(28)37-26-35-33-13-11-12-14-42(33)53-43(35)27-41(37)52(46)40-22-18-31(49(8,9)10)25-38(40)50-45/h11-27,50-51H,1-10H3. The van der Waals surface area contributed by atoms with Gasteiger partial charge in [0.1, 0.15) is 11.2 Å². The van der Waals surface area contributed by atoms with Gasteiger partial charge in [-0.1, -0.05) is 122 Å². The Bertz CT molecular complexity index is 2770. The number of fused-ring (bicyclic) bond motifs is 8. The Kier molecular flexibility index (Phi) is 7.22. The third kappa shape index (κ3) is 5.40. The average molecular weight is 693 g/mol. The molecule has 0 aliphatic carbocycles. The first-order valence-electron chi connectivity index (χ1n) is 19.1. The monoisotopic (exact) mass is 692 g/mol. The summed E-state index contributed by atoms with van der Waals surface area (Å²) in [6, 6.07) is 38.7. The molecule has 0 saturated carbocycles. The Balaban J connectivity index is 1.35. The highest BCUT2D eigenvalue weighted by Crippen LogP contribution is 2.43. The van der Waals surface area contributed by atoms with Crippen molar-refractivity contribution < 1.29 is 4.42 Å². The lowest BCUT2D eigenvalue weighted by Gasteiger charge is -2.28. The molecule has 1 aliphatic rings. The Morgan fingerprint density at radius 1 is 0.585 bits per heavy atom. The van der Waals surface area contributed by atoms with Crippen molar-refractivity contribution in [2.24, 2.45) is 0 Å². The van der Waals surface area contributed by atoms with E-state index in [2.05, 4.69) is 182 Å². The lowest BCUT2D eigenvalue weighted by molar-refractivity contribution is 0.590. The van der Waals surface area contributed by atoms with E-state index >= 15 is 0 Å². The molecule has 9 rings (SSSR count). The molecule has 0 unspecified atom stereocenters. The highest BCUT2D eigenvalue weighted by atomic mass is 16.3. The zero-order valence-electron chi connectivity index (χ0n) is 32.9. The van der Waals surface area contributed by atoms with E-state index in [4.69, 9.17) is 4.42 Å². The summed E-state index contributed by atoms with van der Waals surface area (Å²) in [5.74, 6) is 0. The summed E-state index contributed by atoms with van der Waals surface area (Å²) in [4.78, 5) is 0. The number of aryl methyl sites for hydroxylation is 1. The maximum absolute atomic E-state index is 6.50. The summed E-state index contributed by atoms with van der Waals surface area (Å²) in [5.41, 5.74) is 18.5. The minimum absolute atomic E-state index is 0.00201. The molecule has 2 aromatic heterocycles. The van der Waals surface area contributed by atoms with E-state index in [0.717, 1.165) is 35.2 Å². The van der Waals surface area contributed by atoms with Gasteiger partial charge in [0.05, 0.1) is 5.52 Å². The Hall–Kier alpha value is -5.22. The zero-order chi connectivity index (χ0) is 37.2. The molecule has 0 bridgehead atoms. The third-order valence-electron chi connectivity index (χ3n) is 11.6. The fourth-order valence-electron chi connectivity index (χ4n) is 8.52. The highest BCUT2D eigenvalue weighted by Gasteiger charge is 2.30. The van der Waals surface area contributed by atoms with Crippen LogP contribution in [0.1, 0.15) is 84.6 Å². The molecule has 0 spiro atoms. The van der Waals surface area contributed by atoms with Crippen LogP contribution in [0.2, 0.25) is 0 Å². The molecule has 8 aromatic rings. The summed E-state index contributed by atoms with van der Waals surface area (Å²) in [6.45, 7) is 23.0. The second-order valence-electron chi connectivity index (χ2n) is 18.5. The second-order valence-corrected chi connectivity index (χ2v) is 18.5.